The Bertz CT molecular complexity index is 335. The van der Waals surface area contributed by atoms with Crippen molar-refractivity contribution in [2.75, 3.05) is 0 Å². The molecule has 0 bridgehead atoms. The molecule has 1 aromatic heterocycles. The first kappa shape index (κ1) is 10.7. The summed E-state index contributed by atoms with van der Waals surface area (Å²) in [5.41, 5.74) is 0. The van der Waals surface area contributed by atoms with Gasteiger partial charge in [-0.15, -0.1) is 11.3 Å². The van der Waals surface area contributed by atoms with Gasteiger partial charge in [-0.2, -0.15) is 5.26 Å². The number of nitrogens with zero attached hydrogens (tertiary/aromatic N) is 2. The van der Waals surface area contributed by atoms with Crippen molar-refractivity contribution < 1.29 is 0 Å². The number of rotatable bonds is 5. The molecule has 1 unspecified atom stereocenters. The fraction of sp³-hybridized carbons (Fsp3) is 0.583. The molecule has 1 aliphatic carbocycles. The monoisotopic (exact) mass is 220 g/mol. The molecule has 1 aromatic rings. The van der Waals surface area contributed by atoms with Gasteiger partial charge in [-0.1, -0.05) is 6.07 Å². The Balaban J connectivity index is 1.97. The van der Waals surface area contributed by atoms with Gasteiger partial charge in [0.1, 0.15) is 0 Å². The minimum absolute atomic E-state index is 0.393. The maximum atomic E-state index is 8.74. The lowest BCUT2D eigenvalue weighted by Gasteiger charge is -2.26. The Morgan fingerprint density at radius 3 is 3.00 bits per heavy atom. The van der Waals surface area contributed by atoms with Crippen LogP contribution in [0.5, 0.6) is 0 Å². The van der Waals surface area contributed by atoms with Crippen LogP contribution in [-0.2, 0) is 6.54 Å². The zero-order valence-corrected chi connectivity index (χ0v) is 9.83. The van der Waals surface area contributed by atoms with Gasteiger partial charge >= 0.3 is 0 Å². The van der Waals surface area contributed by atoms with Gasteiger partial charge in [0.2, 0.25) is 0 Å². The minimum atomic E-state index is 0.393. The molecule has 0 aromatic carbocycles. The van der Waals surface area contributed by atoms with Crippen LogP contribution in [0.2, 0.25) is 0 Å². The fourth-order valence-electron chi connectivity index (χ4n) is 1.88. The highest BCUT2D eigenvalue weighted by Crippen LogP contribution is 2.31. The molecular formula is C12H16N2S. The Labute approximate surface area is 95.1 Å². The van der Waals surface area contributed by atoms with E-state index in [-0.39, 0.29) is 0 Å². The molecule has 2 nitrogen and oxygen atoms in total. The maximum Gasteiger partial charge on any atom is 0.0638 e. The average Bonchev–Trinajstić information content (AvgIpc) is 2.93. The fourth-order valence-corrected chi connectivity index (χ4v) is 2.60. The number of nitriles is 1. The molecule has 1 aliphatic rings. The van der Waals surface area contributed by atoms with Crippen LogP contribution in [0.1, 0.15) is 31.1 Å². The van der Waals surface area contributed by atoms with Crippen molar-refractivity contribution in [3.8, 4) is 6.07 Å². The normalized spacial score (nSPS) is 17.7. The maximum absolute atomic E-state index is 8.74. The van der Waals surface area contributed by atoms with Crippen LogP contribution >= 0.6 is 11.3 Å². The first-order valence-electron chi connectivity index (χ1n) is 5.46. The third kappa shape index (κ3) is 2.80. The van der Waals surface area contributed by atoms with E-state index in [0.29, 0.717) is 12.5 Å². The third-order valence-electron chi connectivity index (χ3n) is 2.89. The van der Waals surface area contributed by atoms with Crippen molar-refractivity contribution in [2.45, 2.75) is 44.8 Å². The van der Waals surface area contributed by atoms with E-state index in [9.17, 15) is 0 Å². The van der Waals surface area contributed by atoms with Gasteiger partial charge < -0.3 is 0 Å². The Morgan fingerprint density at radius 2 is 2.47 bits per heavy atom. The summed E-state index contributed by atoms with van der Waals surface area (Å²) in [6.07, 6.45) is 3.25. The molecule has 0 spiro atoms. The van der Waals surface area contributed by atoms with Crippen LogP contribution < -0.4 is 0 Å². The SMILES string of the molecule is CC(CC#N)N(Cc1cccs1)C1CC1. The molecular weight excluding hydrogens is 204 g/mol. The molecule has 0 radical (unpaired) electrons. The standard InChI is InChI=1S/C12H16N2S/c1-10(6-7-13)14(11-4-5-11)9-12-3-2-8-15-12/h2-3,8,10-11H,4-6,9H2,1H3. The van der Waals surface area contributed by atoms with Crippen LogP contribution in [0.25, 0.3) is 0 Å². The van der Waals surface area contributed by atoms with Crippen LogP contribution in [0, 0.1) is 11.3 Å². The summed E-state index contributed by atoms with van der Waals surface area (Å²) in [6.45, 7) is 3.18. The average molecular weight is 220 g/mol. The third-order valence-corrected chi connectivity index (χ3v) is 3.75. The highest BCUT2D eigenvalue weighted by molar-refractivity contribution is 7.09. The Hall–Kier alpha value is -0.850. The molecule has 1 fully saturated rings. The lowest BCUT2D eigenvalue weighted by atomic mass is 10.2. The van der Waals surface area contributed by atoms with E-state index in [1.807, 2.05) is 11.3 Å². The van der Waals surface area contributed by atoms with Crippen molar-refractivity contribution in [1.29, 1.82) is 5.26 Å². The second-order valence-corrected chi connectivity index (χ2v) is 5.23. The van der Waals surface area contributed by atoms with Crippen molar-refractivity contribution in [1.82, 2.24) is 4.90 Å². The van der Waals surface area contributed by atoms with E-state index in [0.717, 1.165) is 12.6 Å². The smallest absolute Gasteiger partial charge is 0.0638 e. The van der Waals surface area contributed by atoms with E-state index in [2.05, 4.69) is 35.4 Å². The molecule has 15 heavy (non-hydrogen) atoms. The van der Waals surface area contributed by atoms with E-state index in [1.165, 1.54) is 17.7 Å². The zero-order chi connectivity index (χ0) is 10.7. The highest BCUT2D eigenvalue weighted by atomic mass is 32.1. The lowest BCUT2D eigenvalue weighted by molar-refractivity contribution is 0.193. The summed E-state index contributed by atoms with van der Waals surface area (Å²) in [5.74, 6) is 0. The van der Waals surface area contributed by atoms with E-state index in [1.54, 1.807) is 0 Å². The van der Waals surface area contributed by atoms with Crippen molar-refractivity contribution in [3.63, 3.8) is 0 Å². The van der Waals surface area contributed by atoms with Gasteiger partial charge in [0.25, 0.3) is 0 Å². The summed E-state index contributed by atoms with van der Waals surface area (Å²) in [4.78, 5) is 3.89. The largest absolute Gasteiger partial charge is 0.292 e. The molecule has 1 atom stereocenters. The van der Waals surface area contributed by atoms with Gasteiger partial charge in [-0.3, -0.25) is 4.90 Å². The molecule has 0 saturated heterocycles. The zero-order valence-electron chi connectivity index (χ0n) is 9.02. The molecule has 1 heterocycles. The van der Waals surface area contributed by atoms with Crippen molar-refractivity contribution in [3.05, 3.63) is 22.4 Å². The van der Waals surface area contributed by atoms with Gasteiger partial charge in [0.15, 0.2) is 0 Å². The molecule has 1 saturated carbocycles. The van der Waals surface area contributed by atoms with E-state index >= 15 is 0 Å². The number of thiophene rings is 1. The second-order valence-electron chi connectivity index (χ2n) is 4.19. The first-order valence-corrected chi connectivity index (χ1v) is 6.34. The molecule has 0 amide bonds. The Kier molecular flexibility index (Phi) is 3.40. The van der Waals surface area contributed by atoms with E-state index < -0.39 is 0 Å². The molecule has 0 aliphatic heterocycles. The van der Waals surface area contributed by atoms with Gasteiger partial charge in [0.05, 0.1) is 12.5 Å². The van der Waals surface area contributed by atoms with Crippen LogP contribution in [0.3, 0.4) is 0 Å². The van der Waals surface area contributed by atoms with Crippen LogP contribution in [-0.4, -0.2) is 17.0 Å². The summed E-state index contributed by atoms with van der Waals surface area (Å²) >= 11 is 1.81. The molecule has 3 heteroatoms. The van der Waals surface area contributed by atoms with Gasteiger partial charge in [-0.25, -0.2) is 0 Å². The summed E-state index contributed by atoms with van der Waals surface area (Å²) in [6, 6.07) is 7.67. The predicted molar refractivity (Wildman–Crippen MR) is 62.6 cm³/mol. The lowest BCUT2D eigenvalue weighted by Crippen LogP contribution is -2.34. The summed E-state index contributed by atoms with van der Waals surface area (Å²) in [5, 5.41) is 10.9. The molecule has 80 valence electrons. The van der Waals surface area contributed by atoms with Crippen LogP contribution in [0.15, 0.2) is 17.5 Å². The second kappa shape index (κ2) is 4.78. The topological polar surface area (TPSA) is 27.0 Å². The summed E-state index contributed by atoms with van der Waals surface area (Å²) < 4.78 is 0. The first-order chi connectivity index (χ1) is 7.31. The van der Waals surface area contributed by atoms with Gasteiger partial charge in [-0.05, 0) is 31.2 Å². The number of hydrogen-bond acceptors (Lipinski definition) is 3. The van der Waals surface area contributed by atoms with Crippen molar-refractivity contribution >= 4 is 11.3 Å². The summed E-state index contributed by atoms with van der Waals surface area (Å²) in [7, 11) is 0. The predicted octanol–water partition coefficient (Wildman–Crippen LogP) is 3.01. The molecule has 0 N–H and O–H groups in total. The van der Waals surface area contributed by atoms with Gasteiger partial charge in [0, 0.05) is 23.5 Å². The quantitative estimate of drug-likeness (QED) is 0.762. The number of hydrogen-bond donors (Lipinski definition) is 0. The minimum Gasteiger partial charge on any atom is -0.292 e. The molecule has 2 rings (SSSR count). The van der Waals surface area contributed by atoms with Crippen molar-refractivity contribution in [2.24, 2.45) is 0 Å². The van der Waals surface area contributed by atoms with E-state index in [4.69, 9.17) is 5.26 Å². The highest BCUT2D eigenvalue weighted by Gasteiger charge is 2.32. The Morgan fingerprint density at radius 1 is 1.67 bits per heavy atom. The van der Waals surface area contributed by atoms with Crippen LogP contribution in [0.4, 0.5) is 0 Å².